The Balaban J connectivity index is 3.01. The van der Waals surface area contributed by atoms with Gasteiger partial charge in [0.15, 0.2) is 5.69 Å². The molecule has 0 aliphatic rings. The molecule has 8 nitrogen and oxygen atoms in total. The Hall–Kier alpha value is -1.96. The molecule has 8 heteroatoms. The summed E-state index contributed by atoms with van der Waals surface area (Å²) in [5, 5.41) is 17.3. The number of hydrogen-bond donors (Lipinski definition) is 1. The molecule has 1 N–H and O–H groups in total. The lowest BCUT2D eigenvalue weighted by molar-refractivity contribution is -0.139. The third-order valence-corrected chi connectivity index (χ3v) is 2.69. The van der Waals surface area contributed by atoms with Gasteiger partial charge < -0.3 is 14.6 Å². The molecular formula is C12H19N3O5. The van der Waals surface area contributed by atoms with Gasteiger partial charge in [0, 0.05) is 6.54 Å². The third-order valence-electron chi connectivity index (χ3n) is 2.69. The van der Waals surface area contributed by atoms with E-state index in [0.29, 0.717) is 18.7 Å². The molecule has 112 valence electrons. The molecule has 0 saturated heterocycles. The number of nitrogens with zero attached hydrogens (tertiary/aromatic N) is 3. The zero-order valence-electron chi connectivity index (χ0n) is 12.0. The smallest absolute Gasteiger partial charge is 0.360 e. The first-order valence-corrected chi connectivity index (χ1v) is 6.08. The maximum Gasteiger partial charge on any atom is 0.360 e. The number of ether oxygens (including phenoxy) is 2. The Labute approximate surface area is 116 Å². The first-order chi connectivity index (χ1) is 9.28. The molecule has 0 bridgehead atoms. The fourth-order valence-corrected chi connectivity index (χ4v) is 1.53. The number of carbonyl (C=O) groups excluding carboxylic acids is 2. The summed E-state index contributed by atoms with van der Waals surface area (Å²) in [6.45, 7) is 3.63. The average Bonchev–Trinajstić information content (AvgIpc) is 2.77. The van der Waals surface area contributed by atoms with Gasteiger partial charge in [0.2, 0.25) is 0 Å². The van der Waals surface area contributed by atoms with Crippen molar-refractivity contribution < 1.29 is 24.2 Å². The van der Waals surface area contributed by atoms with Crippen LogP contribution in [0.5, 0.6) is 0 Å². The fraction of sp³-hybridized carbons (Fsp3) is 0.667. The molecule has 1 aromatic heterocycles. The number of aromatic nitrogens is 3. The second kappa shape index (κ2) is 6.47. The highest BCUT2D eigenvalue weighted by molar-refractivity contribution is 5.89. The molecule has 0 aromatic carbocycles. The summed E-state index contributed by atoms with van der Waals surface area (Å²) < 4.78 is 10.6. The van der Waals surface area contributed by atoms with Gasteiger partial charge in [-0.2, -0.15) is 0 Å². The van der Waals surface area contributed by atoms with E-state index >= 15 is 0 Å². The largest absolute Gasteiger partial charge is 0.469 e. The van der Waals surface area contributed by atoms with Crippen LogP contribution < -0.4 is 0 Å². The first-order valence-electron chi connectivity index (χ1n) is 6.08. The summed E-state index contributed by atoms with van der Waals surface area (Å²) in [6, 6.07) is 0. The Bertz CT molecular complexity index is 490. The molecule has 0 radical (unpaired) electrons. The molecule has 0 saturated carbocycles. The van der Waals surface area contributed by atoms with E-state index in [-0.39, 0.29) is 12.1 Å². The lowest BCUT2D eigenvalue weighted by Gasteiger charge is -2.17. The minimum atomic E-state index is -0.889. The van der Waals surface area contributed by atoms with Crippen LogP contribution in [0.3, 0.4) is 0 Å². The van der Waals surface area contributed by atoms with E-state index in [0.717, 1.165) is 0 Å². The van der Waals surface area contributed by atoms with Gasteiger partial charge >= 0.3 is 11.9 Å². The first kappa shape index (κ1) is 16.1. The number of methoxy groups -OCH3 is 2. The molecule has 1 heterocycles. The number of aliphatic hydroxyl groups is 1. The normalized spacial score (nSPS) is 11.2. The van der Waals surface area contributed by atoms with Crippen LogP contribution in [0.25, 0.3) is 0 Å². The van der Waals surface area contributed by atoms with Crippen LogP contribution in [0.4, 0.5) is 0 Å². The predicted molar refractivity (Wildman–Crippen MR) is 68.0 cm³/mol. The summed E-state index contributed by atoms with van der Waals surface area (Å²) in [4.78, 5) is 23.0. The van der Waals surface area contributed by atoms with Gasteiger partial charge in [-0.1, -0.05) is 5.21 Å². The van der Waals surface area contributed by atoms with E-state index in [9.17, 15) is 14.7 Å². The molecule has 0 aliphatic heterocycles. The van der Waals surface area contributed by atoms with Gasteiger partial charge in [0.05, 0.1) is 31.9 Å². The Morgan fingerprint density at radius 3 is 2.45 bits per heavy atom. The zero-order valence-corrected chi connectivity index (χ0v) is 12.0. The van der Waals surface area contributed by atoms with Crippen LogP contribution in [0.2, 0.25) is 0 Å². The Kier molecular flexibility index (Phi) is 5.20. The summed E-state index contributed by atoms with van der Waals surface area (Å²) in [5.41, 5.74) is -0.596. The van der Waals surface area contributed by atoms with Crippen LogP contribution in [0.15, 0.2) is 0 Å². The van der Waals surface area contributed by atoms with Crippen LogP contribution >= 0.6 is 0 Å². The molecule has 1 rings (SSSR count). The van der Waals surface area contributed by atoms with Gasteiger partial charge in [0.1, 0.15) is 0 Å². The second-order valence-corrected chi connectivity index (χ2v) is 4.91. The molecule has 20 heavy (non-hydrogen) atoms. The fourth-order valence-electron chi connectivity index (χ4n) is 1.53. The summed E-state index contributed by atoms with van der Waals surface area (Å²) in [7, 11) is 2.48. The zero-order chi connectivity index (χ0) is 15.3. The molecule has 0 aliphatic carbocycles. The third kappa shape index (κ3) is 4.30. The van der Waals surface area contributed by atoms with E-state index in [2.05, 4.69) is 19.8 Å². The monoisotopic (exact) mass is 285 g/mol. The molecule has 0 atom stereocenters. The molecule has 0 unspecified atom stereocenters. The van der Waals surface area contributed by atoms with E-state index in [1.165, 1.54) is 18.9 Å². The van der Waals surface area contributed by atoms with Crippen molar-refractivity contribution in [2.24, 2.45) is 0 Å². The van der Waals surface area contributed by atoms with Gasteiger partial charge in [-0.05, 0) is 20.3 Å². The summed E-state index contributed by atoms with van der Waals surface area (Å²) in [6.07, 6.45) is 0.255. The maximum atomic E-state index is 11.6. The molecule has 0 amide bonds. The van der Waals surface area contributed by atoms with Crippen molar-refractivity contribution in [3.8, 4) is 0 Å². The van der Waals surface area contributed by atoms with Gasteiger partial charge in [0.25, 0.3) is 0 Å². The van der Waals surface area contributed by atoms with Crippen LogP contribution in [-0.4, -0.2) is 51.9 Å². The van der Waals surface area contributed by atoms with E-state index in [1.54, 1.807) is 13.8 Å². The van der Waals surface area contributed by atoms with Crippen LogP contribution in [-0.2, 0) is 27.2 Å². The number of rotatable bonds is 6. The minimum absolute atomic E-state index is 0.0198. The summed E-state index contributed by atoms with van der Waals surface area (Å²) in [5.74, 6) is -1.18. The maximum absolute atomic E-state index is 11.6. The lowest BCUT2D eigenvalue weighted by atomic mass is 10.1. The molecule has 0 fully saturated rings. The van der Waals surface area contributed by atoms with Crippen molar-refractivity contribution in [3.63, 3.8) is 0 Å². The summed E-state index contributed by atoms with van der Waals surface area (Å²) >= 11 is 0. The molecular weight excluding hydrogens is 266 g/mol. The highest BCUT2D eigenvalue weighted by Gasteiger charge is 2.24. The SMILES string of the molecule is COC(=O)Cc1c(C(=O)OC)nnn1CCC(C)(C)O. The van der Waals surface area contributed by atoms with Gasteiger partial charge in [-0.3, -0.25) is 4.79 Å². The number of hydrogen-bond acceptors (Lipinski definition) is 7. The Morgan fingerprint density at radius 1 is 1.30 bits per heavy atom. The second-order valence-electron chi connectivity index (χ2n) is 4.91. The minimum Gasteiger partial charge on any atom is -0.469 e. The predicted octanol–water partition coefficient (Wildman–Crippen LogP) is -0.0588. The molecule has 1 aromatic rings. The Morgan fingerprint density at radius 2 is 1.95 bits per heavy atom. The van der Waals surface area contributed by atoms with Crippen LogP contribution in [0.1, 0.15) is 36.5 Å². The quantitative estimate of drug-likeness (QED) is 0.730. The van der Waals surface area contributed by atoms with Gasteiger partial charge in [-0.25, -0.2) is 9.48 Å². The topological polar surface area (TPSA) is 104 Å². The lowest BCUT2D eigenvalue weighted by Crippen LogP contribution is -2.23. The van der Waals surface area contributed by atoms with Crippen molar-refractivity contribution in [3.05, 3.63) is 11.4 Å². The van der Waals surface area contributed by atoms with Crippen molar-refractivity contribution in [2.75, 3.05) is 14.2 Å². The molecule has 0 spiro atoms. The van der Waals surface area contributed by atoms with Crippen molar-refractivity contribution >= 4 is 11.9 Å². The van der Waals surface area contributed by atoms with Crippen molar-refractivity contribution in [1.82, 2.24) is 15.0 Å². The van der Waals surface area contributed by atoms with Crippen molar-refractivity contribution in [1.29, 1.82) is 0 Å². The van der Waals surface area contributed by atoms with E-state index in [1.807, 2.05) is 0 Å². The van der Waals surface area contributed by atoms with E-state index in [4.69, 9.17) is 0 Å². The highest BCUT2D eigenvalue weighted by Crippen LogP contribution is 2.13. The number of carbonyl (C=O) groups is 2. The van der Waals surface area contributed by atoms with Crippen molar-refractivity contribution in [2.45, 2.75) is 38.8 Å². The average molecular weight is 285 g/mol. The standard InChI is InChI=1S/C12H19N3O5/c1-12(2,18)5-6-15-8(7-9(16)19-3)10(13-14-15)11(17)20-4/h18H,5-7H2,1-4H3. The highest BCUT2D eigenvalue weighted by atomic mass is 16.5. The van der Waals surface area contributed by atoms with E-state index < -0.39 is 17.5 Å². The number of aryl methyl sites for hydroxylation is 1. The van der Waals surface area contributed by atoms with Gasteiger partial charge in [-0.15, -0.1) is 5.10 Å². The van der Waals surface area contributed by atoms with Crippen LogP contribution in [0, 0.1) is 0 Å². The number of esters is 2.